The first-order chi connectivity index (χ1) is 15.3. The van der Waals surface area contributed by atoms with E-state index < -0.39 is 5.54 Å². The number of rotatable bonds is 3. The maximum Gasteiger partial charge on any atom is 0.283 e. The number of fused-ring (bicyclic) bond motifs is 6. The van der Waals surface area contributed by atoms with E-state index in [4.69, 9.17) is 24.9 Å². The molecule has 5 heteroatoms. The quantitative estimate of drug-likeness (QED) is 0.675. The van der Waals surface area contributed by atoms with Gasteiger partial charge in [0.25, 0.3) is 6.02 Å². The maximum atomic E-state index is 6.36. The lowest BCUT2D eigenvalue weighted by molar-refractivity contribution is 0.197. The Hall–Kier alpha value is -2.69. The first-order valence-corrected chi connectivity index (χ1v) is 11.9. The molecule has 6 rings (SSSR count). The lowest BCUT2D eigenvalue weighted by Gasteiger charge is -2.35. The molecule has 2 fully saturated rings. The van der Waals surface area contributed by atoms with E-state index >= 15 is 0 Å². The standard InChI is InChI=1S/C27H32N2O3/c1-26(2,3)14-30-19-7-9-24-22(13-19)27(15-31-25(28)29-27)21-12-18(6-8-23(21)32-24)20-11-16-4-5-17(20)10-16/h6-9,12-13,16-17,20H,4-5,10-11,14-15H2,1-3H3,(H2,28,29)/t16?,17?,20?,27-/m0/s1. The number of benzene rings is 2. The van der Waals surface area contributed by atoms with Crippen molar-refractivity contribution in [2.24, 2.45) is 28.0 Å². The van der Waals surface area contributed by atoms with E-state index in [2.05, 4.69) is 45.0 Å². The molecular weight excluding hydrogens is 400 g/mol. The zero-order chi connectivity index (χ0) is 22.1. The van der Waals surface area contributed by atoms with Gasteiger partial charge in [0.15, 0.2) is 5.54 Å². The van der Waals surface area contributed by atoms with Gasteiger partial charge in [-0.3, -0.25) is 0 Å². The predicted octanol–water partition coefficient (Wildman–Crippen LogP) is 5.71. The molecule has 0 aromatic heterocycles. The van der Waals surface area contributed by atoms with Crippen LogP contribution in [0.5, 0.6) is 17.2 Å². The molecule has 2 bridgehead atoms. The van der Waals surface area contributed by atoms with E-state index in [0.717, 1.165) is 40.2 Å². The smallest absolute Gasteiger partial charge is 0.283 e. The van der Waals surface area contributed by atoms with Crippen LogP contribution in [0.2, 0.25) is 0 Å². The molecule has 2 aliphatic heterocycles. The van der Waals surface area contributed by atoms with Crippen molar-refractivity contribution in [3.05, 3.63) is 53.1 Å². The zero-order valence-electron chi connectivity index (χ0n) is 19.2. The molecule has 0 saturated heterocycles. The topological polar surface area (TPSA) is 66.1 Å². The summed E-state index contributed by atoms with van der Waals surface area (Å²) in [6.07, 6.45) is 5.45. The highest BCUT2D eigenvalue weighted by Gasteiger charge is 2.48. The third-order valence-electron chi connectivity index (χ3n) is 7.63. The average Bonchev–Trinajstić information content (AvgIpc) is 3.49. The van der Waals surface area contributed by atoms with E-state index in [1.807, 2.05) is 12.1 Å². The fourth-order valence-electron chi connectivity index (χ4n) is 6.12. The van der Waals surface area contributed by atoms with Crippen molar-refractivity contribution in [2.75, 3.05) is 13.2 Å². The monoisotopic (exact) mass is 432 g/mol. The minimum Gasteiger partial charge on any atom is -0.493 e. The molecule has 4 atom stereocenters. The van der Waals surface area contributed by atoms with Gasteiger partial charge in [-0.15, -0.1) is 0 Å². The number of aliphatic imine (C=N–C) groups is 1. The van der Waals surface area contributed by atoms with Crippen LogP contribution >= 0.6 is 0 Å². The molecule has 2 saturated carbocycles. The van der Waals surface area contributed by atoms with Crippen molar-refractivity contribution < 1.29 is 14.2 Å². The van der Waals surface area contributed by atoms with Crippen molar-refractivity contribution in [1.29, 1.82) is 0 Å². The largest absolute Gasteiger partial charge is 0.493 e. The van der Waals surface area contributed by atoms with Crippen LogP contribution < -0.4 is 15.2 Å². The van der Waals surface area contributed by atoms with Crippen molar-refractivity contribution in [3.8, 4) is 17.2 Å². The summed E-state index contributed by atoms with van der Waals surface area (Å²) in [7, 11) is 0. The van der Waals surface area contributed by atoms with Gasteiger partial charge in [0, 0.05) is 11.1 Å². The van der Waals surface area contributed by atoms with Crippen LogP contribution in [0.3, 0.4) is 0 Å². The fourth-order valence-corrected chi connectivity index (χ4v) is 6.12. The van der Waals surface area contributed by atoms with Gasteiger partial charge in [-0.05, 0) is 78.3 Å². The van der Waals surface area contributed by atoms with Gasteiger partial charge in [0.05, 0.1) is 6.61 Å². The summed E-state index contributed by atoms with van der Waals surface area (Å²) in [5.41, 5.74) is 8.88. The Bertz CT molecular complexity index is 1100. The molecule has 0 radical (unpaired) electrons. The molecule has 2 aromatic carbocycles. The first-order valence-electron chi connectivity index (χ1n) is 11.9. The molecular formula is C27H32N2O3. The van der Waals surface area contributed by atoms with E-state index in [0.29, 0.717) is 19.1 Å². The number of amidine groups is 1. The van der Waals surface area contributed by atoms with Crippen molar-refractivity contribution in [1.82, 2.24) is 0 Å². The second-order valence-corrected chi connectivity index (χ2v) is 11.2. The Labute approximate surface area is 190 Å². The van der Waals surface area contributed by atoms with Gasteiger partial charge in [0.2, 0.25) is 0 Å². The van der Waals surface area contributed by atoms with Crippen LogP contribution in [0.15, 0.2) is 41.4 Å². The van der Waals surface area contributed by atoms with Gasteiger partial charge in [0.1, 0.15) is 23.9 Å². The van der Waals surface area contributed by atoms with E-state index in [1.54, 1.807) is 0 Å². The van der Waals surface area contributed by atoms with Crippen molar-refractivity contribution in [3.63, 3.8) is 0 Å². The third-order valence-corrected chi connectivity index (χ3v) is 7.63. The highest BCUT2D eigenvalue weighted by atomic mass is 16.5. The Morgan fingerprint density at radius 3 is 2.50 bits per heavy atom. The highest BCUT2D eigenvalue weighted by molar-refractivity contribution is 5.77. The number of hydrogen-bond acceptors (Lipinski definition) is 5. The Morgan fingerprint density at radius 2 is 1.84 bits per heavy atom. The van der Waals surface area contributed by atoms with Gasteiger partial charge >= 0.3 is 0 Å². The Kier molecular flexibility index (Phi) is 4.30. The minimum atomic E-state index is -0.693. The van der Waals surface area contributed by atoms with Crippen molar-refractivity contribution in [2.45, 2.75) is 57.9 Å². The summed E-state index contributed by atoms with van der Waals surface area (Å²) >= 11 is 0. The Morgan fingerprint density at radius 1 is 1.06 bits per heavy atom. The van der Waals surface area contributed by atoms with Gasteiger partial charge in [-0.25, -0.2) is 4.99 Å². The van der Waals surface area contributed by atoms with Gasteiger partial charge in [-0.1, -0.05) is 33.3 Å². The van der Waals surface area contributed by atoms with Gasteiger partial charge in [-0.2, -0.15) is 0 Å². The second kappa shape index (κ2) is 6.90. The van der Waals surface area contributed by atoms with Gasteiger partial charge < -0.3 is 19.9 Å². The molecule has 168 valence electrons. The van der Waals surface area contributed by atoms with Crippen LogP contribution in [0.25, 0.3) is 0 Å². The van der Waals surface area contributed by atoms with Crippen LogP contribution in [0.1, 0.15) is 69.1 Å². The highest BCUT2D eigenvalue weighted by Crippen LogP contribution is 2.56. The van der Waals surface area contributed by atoms with Crippen molar-refractivity contribution >= 4 is 6.02 Å². The van der Waals surface area contributed by atoms with Crippen LogP contribution in [0, 0.1) is 17.3 Å². The summed E-state index contributed by atoms with van der Waals surface area (Å²) in [5.74, 6) is 4.80. The van der Waals surface area contributed by atoms with Crippen LogP contribution in [-0.4, -0.2) is 19.2 Å². The summed E-state index contributed by atoms with van der Waals surface area (Å²) in [6.45, 7) is 7.51. The Balaban J connectivity index is 1.42. The molecule has 5 nitrogen and oxygen atoms in total. The number of nitrogens with zero attached hydrogens (tertiary/aromatic N) is 1. The third kappa shape index (κ3) is 3.16. The molecule has 32 heavy (non-hydrogen) atoms. The summed E-state index contributed by atoms with van der Waals surface area (Å²) < 4.78 is 18.2. The summed E-state index contributed by atoms with van der Waals surface area (Å²) in [6, 6.07) is 12.9. The minimum absolute atomic E-state index is 0.0747. The average molecular weight is 433 g/mol. The normalized spacial score (nSPS) is 29.8. The molecule has 3 unspecified atom stereocenters. The van der Waals surface area contributed by atoms with Crippen LogP contribution in [-0.2, 0) is 10.3 Å². The van der Waals surface area contributed by atoms with E-state index in [9.17, 15) is 0 Å². The molecule has 2 heterocycles. The van der Waals surface area contributed by atoms with E-state index in [-0.39, 0.29) is 11.4 Å². The molecule has 2 aromatic rings. The molecule has 2 aliphatic carbocycles. The lowest BCUT2D eigenvalue weighted by Crippen LogP contribution is -2.31. The number of ether oxygens (including phenoxy) is 3. The summed E-state index contributed by atoms with van der Waals surface area (Å²) in [5, 5.41) is 0. The maximum absolute atomic E-state index is 6.36. The molecule has 4 aliphatic rings. The fraction of sp³-hybridized carbons (Fsp3) is 0.519. The summed E-state index contributed by atoms with van der Waals surface area (Å²) in [4.78, 5) is 4.86. The predicted molar refractivity (Wildman–Crippen MR) is 124 cm³/mol. The second-order valence-electron chi connectivity index (χ2n) is 11.2. The zero-order valence-corrected chi connectivity index (χ0v) is 19.2. The number of hydrogen-bond donors (Lipinski definition) is 1. The first kappa shape index (κ1) is 20.0. The lowest BCUT2D eigenvalue weighted by atomic mass is 9.77. The SMILES string of the molecule is CC(C)(C)COc1ccc2c(c1)[C@]1(COC(N)=N1)c1cc(C3CC4CCC3C4)ccc1O2. The number of nitrogens with two attached hydrogens (primary N) is 1. The molecule has 2 N–H and O–H groups in total. The van der Waals surface area contributed by atoms with Crippen LogP contribution in [0.4, 0.5) is 0 Å². The molecule has 1 spiro atoms. The molecule has 0 amide bonds. The van der Waals surface area contributed by atoms with E-state index in [1.165, 1.54) is 31.2 Å².